The van der Waals surface area contributed by atoms with Gasteiger partial charge in [0.1, 0.15) is 5.75 Å². The lowest BCUT2D eigenvalue weighted by atomic mass is 10.2. The van der Waals surface area contributed by atoms with E-state index >= 15 is 0 Å². The first-order chi connectivity index (χ1) is 11.5. The number of amides is 1. The van der Waals surface area contributed by atoms with E-state index in [1.165, 1.54) is 25.4 Å². The fourth-order valence-corrected chi connectivity index (χ4v) is 3.65. The molecule has 1 aromatic carbocycles. The lowest BCUT2D eigenvalue weighted by molar-refractivity contribution is -0.117. The second kappa shape index (κ2) is 6.48. The quantitative estimate of drug-likeness (QED) is 0.894. The van der Waals surface area contributed by atoms with Crippen molar-refractivity contribution in [2.75, 3.05) is 23.3 Å². The van der Waals surface area contributed by atoms with E-state index in [1.807, 2.05) is 0 Å². The average Bonchev–Trinajstić information content (AvgIpc) is 3.00. The number of hydrogen-bond donors (Lipinski definition) is 1. The maximum Gasteiger partial charge on any atom is 0.262 e. The summed E-state index contributed by atoms with van der Waals surface area (Å²) in [6.45, 7) is 0.550. The molecular weight excluding hydrogens is 330 g/mol. The minimum atomic E-state index is -3.79. The number of methoxy groups -OCH3 is 1. The minimum absolute atomic E-state index is 0.0388. The summed E-state index contributed by atoms with van der Waals surface area (Å²) in [4.78, 5) is 17.5. The van der Waals surface area contributed by atoms with E-state index in [1.54, 1.807) is 29.3 Å². The first-order valence-corrected chi connectivity index (χ1v) is 8.91. The average molecular weight is 347 g/mol. The summed E-state index contributed by atoms with van der Waals surface area (Å²) in [5.41, 5.74) is 0.834. The highest BCUT2D eigenvalue weighted by Gasteiger charge is 2.26. The van der Waals surface area contributed by atoms with Gasteiger partial charge in [0.05, 0.1) is 29.6 Å². The van der Waals surface area contributed by atoms with Gasteiger partial charge in [-0.25, -0.2) is 8.42 Å². The Kier molecular flexibility index (Phi) is 4.39. The molecule has 2 heterocycles. The number of hydrogen-bond acceptors (Lipinski definition) is 5. The lowest BCUT2D eigenvalue weighted by Gasteiger charge is -2.20. The van der Waals surface area contributed by atoms with Crippen LogP contribution in [-0.4, -0.2) is 33.0 Å². The largest absolute Gasteiger partial charge is 0.495 e. The highest BCUT2D eigenvalue weighted by Crippen LogP contribution is 2.34. The van der Waals surface area contributed by atoms with Crippen molar-refractivity contribution in [3.8, 4) is 5.75 Å². The second-order valence-electron chi connectivity index (χ2n) is 5.33. The number of aromatic nitrogens is 1. The van der Waals surface area contributed by atoms with Crippen LogP contribution >= 0.6 is 0 Å². The second-order valence-corrected chi connectivity index (χ2v) is 7.01. The number of carbonyl (C=O) groups excluding carboxylic acids is 1. The van der Waals surface area contributed by atoms with E-state index in [2.05, 4.69) is 9.71 Å². The van der Waals surface area contributed by atoms with Crippen LogP contribution in [0.4, 0.5) is 11.4 Å². The Morgan fingerprint density at radius 3 is 2.75 bits per heavy atom. The van der Waals surface area contributed by atoms with Gasteiger partial charge in [0, 0.05) is 19.2 Å². The predicted octanol–water partition coefficient (Wildman–Crippen LogP) is 2.02. The number of carbonyl (C=O) groups is 1. The van der Waals surface area contributed by atoms with Gasteiger partial charge in [-0.3, -0.25) is 14.5 Å². The van der Waals surface area contributed by atoms with E-state index in [0.29, 0.717) is 30.1 Å². The lowest BCUT2D eigenvalue weighted by Crippen LogP contribution is -2.24. The molecule has 1 aliphatic heterocycles. The van der Waals surface area contributed by atoms with Crippen molar-refractivity contribution in [2.24, 2.45) is 0 Å². The summed E-state index contributed by atoms with van der Waals surface area (Å²) in [7, 11) is -2.30. The summed E-state index contributed by atoms with van der Waals surface area (Å²) < 4.78 is 32.9. The summed E-state index contributed by atoms with van der Waals surface area (Å²) >= 11 is 0. The molecule has 7 nitrogen and oxygen atoms in total. The molecule has 2 aromatic rings. The molecule has 0 saturated carbocycles. The van der Waals surface area contributed by atoms with Gasteiger partial charge in [0.15, 0.2) is 0 Å². The number of pyridine rings is 1. The molecular formula is C16H17N3O4S. The molecule has 1 amide bonds. The van der Waals surface area contributed by atoms with E-state index in [4.69, 9.17) is 4.74 Å². The molecule has 1 aromatic heterocycles. The number of rotatable bonds is 5. The monoisotopic (exact) mass is 347 g/mol. The number of anilines is 2. The van der Waals surface area contributed by atoms with Gasteiger partial charge in [-0.15, -0.1) is 0 Å². The van der Waals surface area contributed by atoms with Crippen LogP contribution in [0, 0.1) is 0 Å². The van der Waals surface area contributed by atoms with Crippen molar-refractivity contribution >= 4 is 27.3 Å². The van der Waals surface area contributed by atoms with Crippen molar-refractivity contribution in [3.05, 3.63) is 42.7 Å². The number of benzene rings is 1. The molecule has 1 aliphatic rings. The third-order valence-corrected chi connectivity index (χ3v) is 5.12. The summed E-state index contributed by atoms with van der Waals surface area (Å²) in [5.74, 6) is 0.425. The van der Waals surface area contributed by atoms with Crippen LogP contribution in [0.25, 0.3) is 0 Å². The SMILES string of the molecule is COc1ccc(S(=O)(=O)Nc2cccnc2)cc1N1CCCC1=O. The fourth-order valence-electron chi connectivity index (χ4n) is 2.59. The molecule has 0 radical (unpaired) electrons. The molecule has 1 saturated heterocycles. The zero-order chi connectivity index (χ0) is 17.2. The maximum atomic E-state index is 12.6. The number of nitrogens with one attached hydrogen (secondary N) is 1. The topological polar surface area (TPSA) is 88.6 Å². The van der Waals surface area contributed by atoms with Crippen molar-refractivity contribution in [2.45, 2.75) is 17.7 Å². The van der Waals surface area contributed by atoms with Gasteiger partial charge in [-0.1, -0.05) is 0 Å². The Morgan fingerprint density at radius 1 is 1.29 bits per heavy atom. The fraction of sp³-hybridized carbons (Fsp3) is 0.250. The van der Waals surface area contributed by atoms with E-state index in [-0.39, 0.29) is 10.8 Å². The molecule has 126 valence electrons. The van der Waals surface area contributed by atoms with Crippen LogP contribution < -0.4 is 14.4 Å². The smallest absolute Gasteiger partial charge is 0.262 e. The molecule has 0 atom stereocenters. The molecule has 1 fully saturated rings. The van der Waals surface area contributed by atoms with Crippen LogP contribution in [-0.2, 0) is 14.8 Å². The van der Waals surface area contributed by atoms with Crippen LogP contribution in [0.5, 0.6) is 5.75 Å². The van der Waals surface area contributed by atoms with Crippen molar-refractivity contribution in [3.63, 3.8) is 0 Å². The van der Waals surface area contributed by atoms with Crippen molar-refractivity contribution < 1.29 is 17.9 Å². The Bertz CT molecular complexity index is 853. The molecule has 24 heavy (non-hydrogen) atoms. The molecule has 0 bridgehead atoms. The van der Waals surface area contributed by atoms with Crippen LogP contribution in [0.3, 0.4) is 0 Å². The Hall–Kier alpha value is -2.61. The summed E-state index contributed by atoms with van der Waals surface area (Å²) in [6, 6.07) is 7.71. The Morgan fingerprint density at radius 2 is 2.12 bits per heavy atom. The molecule has 1 N–H and O–H groups in total. The number of nitrogens with zero attached hydrogens (tertiary/aromatic N) is 2. The molecule has 8 heteroatoms. The third-order valence-electron chi connectivity index (χ3n) is 3.74. The van der Waals surface area contributed by atoms with E-state index in [0.717, 1.165) is 6.42 Å². The zero-order valence-corrected chi connectivity index (χ0v) is 13.9. The Balaban J connectivity index is 1.97. The third kappa shape index (κ3) is 3.18. The summed E-state index contributed by atoms with van der Waals surface area (Å²) in [5, 5.41) is 0. The standard InChI is InChI=1S/C16H17N3O4S/c1-23-15-7-6-13(10-14(15)19-9-3-5-16(19)20)24(21,22)18-12-4-2-8-17-11-12/h2,4,6-8,10-11,18H,3,5,9H2,1H3. The van der Waals surface area contributed by atoms with Crippen LogP contribution in [0.1, 0.15) is 12.8 Å². The van der Waals surface area contributed by atoms with Gasteiger partial charge < -0.3 is 9.64 Å². The first kappa shape index (κ1) is 16.3. The Labute approximate surface area is 140 Å². The number of sulfonamides is 1. The van der Waals surface area contributed by atoms with Crippen LogP contribution in [0.2, 0.25) is 0 Å². The van der Waals surface area contributed by atoms with Gasteiger partial charge >= 0.3 is 0 Å². The minimum Gasteiger partial charge on any atom is -0.495 e. The van der Waals surface area contributed by atoms with Crippen molar-refractivity contribution in [1.82, 2.24) is 4.98 Å². The van der Waals surface area contributed by atoms with Gasteiger partial charge in [-0.2, -0.15) is 0 Å². The molecule has 0 unspecified atom stereocenters. The molecule has 0 spiro atoms. The zero-order valence-electron chi connectivity index (χ0n) is 13.1. The predicted molar refractivity (Wildman–Crippen MR) is 89.6 cm³/mol. The highest BCUT2D eigenvalue weighted by atomic mass is 32.2. The van der Waals surface area contributed by atoms with Gasteiger partial charge in [-0.05, 0) is 36.8 Å². The summed E-state index contributed by atoms with van der Waals surface area (Å²) in [6.07, 6.45) is 4.18. The van der Waals surface area contributed by atoms with E-state index in [9.17, 15) is 13.2 Å². The van der Waals surface area contributed by atoms with Gasteiger partial charge in [0.2, 0.25) is 5.91 Å². The highest BCUT2D eigenvalue weighted by molar-refractivity contribution is 7.92. The van der Waals surface area contributed by atoms with Crippen molar-refractivity contribution in [1.29, 1.82) is 0 Å². The maximum absolute atomic E-state index is 12.6. The first-order valence-electron chi connectivity index (χ1n) is 7.42. The number of ether oxygens (including phenoxy) is 1. The molecule has 0 aliphatic carbocycles. The molecule has 3 rings (SSSR count). The van der Waals surface area contributed by atoms with Crippen LogP contribution in [0.15, 0.2) is 47.6 Å². The van der Waals surface area contributed by atoms with E-state index < -0.39 is 10.0 Å². The normalized spacial score (nSPS) is 14.7. The van der Waals surface area contributed by atoms with Gasteiger partial charge in [0.25, 0.3) is 10.0 Å².